The molecule has 1 aliphatic heterocycles. The highest BCUT2D eigenvalue weighted by atomic mass is 32.2. The molecule has 5 unspecified atom stereocenters. The molecule has 0 amide bonds. The quantitative estimate of drug-likeness (QED) is 0.258. The number of thioether (sulfide) groups is 1. The Hall–Kier alpha value is 0.238. The first-order chi connectivity index (χ1) is 15.7. The van der Waals surface area contributed by atoms with Gasteiger partial charge in [-0.05, 0) is 97.6 Å². The molecule has 2 rings (SSSR count). The molecule has 0 spiro atoms. The highest BCUT2D eigenvalue weighted by molar-refractivity contribution is 7.99. The summed E-state index contributed by atoms with van der Waals surface area (Å²) in [7, 11) is -7.49. The minimum Gasteiger partial charge on any atom is -0.415 e. The van der Waals surface area contributed by atoms with Crippen LogP contribution in [0.15, 0.2) is 29.2 Å². The van der Waals surface area contributed by atoms with Crippen LogP contribution in [-0.2, 0) is 22.4 Å². The van der Waals surface area contributed by atoms with E-state index in [2.05, 4.69) is 110 Å². The standard InChI is InChI=1S/C25H50O5SSi4/c1-19-14-16-20(17-15-19)31-25-24(30-35(11,12)13)23(29-34(8,9)10)22(28-33(5,6)7)21(27-25)18-26-32(2,3)4/h14-17,21-25H,18H2,1-13H3. The van der Waals surface area contributed by atoms with Gasteiger partial charge in [-0.2, -0.15) is 0 Å². The Balaban J connectivity index is 2.54. The van der Waals surface area contributed by atoms with Crippen LogP contribution in [0.3, 0.4) is 0 Å². The Labute approximate surface area is 223 Å². The largest absolute Gasteiger partial charge is 0.415 e. The van der Waals surface area contributed by atoms with Gasteiger partial charge in [0.25, 0.3) is 0 Å². The molecule has 1 saturated heterocycles. The minimum atomic E-state index is -1.92. The molecule has 0 aliphatic carbocycles. The fraction of sp³-hybridized carbons (Fsp3) is 0.760. The maximum absolute atomic E-state index is 6.94. The van der Waals surface area contributed by atoms with Crippen LogP contribution in [0, 0.1) is 6.92 Å². The summed E-state index contributed by atoms with van der Waals surface area (Å²) >= 11 is 1.73. The van der Waals surface area contributed by atoms with E-state index in [9.17, 15) is 0 Å². The third-order valence-corrected chi connectivity index (χ3v) is 10.1. The number of hydrogen-bond donors (Lipinski definition) is 0. The van der Waals surface area contributed by atoms with Crippen LogP contribution in [0.2, 0.25) is 78.6 Å². The van der Waals surface area contributed by atoms with Gasteiger partial charge >= 0.3 is 0 Å². The number of ether oxygens (including phenoxy) is 1. The summed E-state index contributed by atoms with van der Waals surface area (Å²) in [5.41, 5.74) is 1.04. The van der Waals surface area contributed by atoms with E-state index in [1.165, 1.54) is 10.5 Å². The molecule has 1 aromatic carbocycles. The molecule has 5 nitrogen and oxygen atoms in total. The summed E-state index contributed by atoms with van der Waals surface area (Å²) in [6, 6.07) is 8.64. The lowest BCUT2D eigenvalue weighted by molar-refractivity contribution is -0.189. The van der Waals surface area contributed by atoms with Gasteiger partial charge in [0.05, 0.1) is 6.61 Å². The second-order valence-electron chi connectivity index (χ2n) is 13.5. The Morgan fingerprint density at radius 1 is 0.657 bits per heavy atom. The van der Waals surface area contributed by atoms with E-state index in [-0.39, 0.29) is 29.9 Å². The van der Waals surface area contributed by atoms with Crippen molar-refractivity contribution >= 4 is 45.0 Å². The van der Waals surface area contributed by atoms with E-state index in [0.717, 1.165) is 0 Å². The fourth-order valence-corrected chi connectivity index (χ4v) is 8.95. The van der Waals surface area contributed by atoms with E-state index < -0.39 is 33.3 Å². The first-order valence-electron chi connectivity index (χ1n) is 12.8. The Morgan fingerprint density at radius 3 is 1.57 bits per heavy atom. The Bertz CT molecular complexity index is 797. The maximum Gasteiger partial charge on any atom is 0.184 e. The van der Waals surface area contributed by atoms with Crippen molar-refractivity contribution < 1.29 is 22.4 Å². The summed E-state index contributed by atoms with van der Waals surface area (Å²) in [5.74, 6) is 0. The zero-order valence-electron chi connectivity index (χ0n) is 24.4. The third-order valence-electron chi connectivity index (χ3n) is 5.01. The van der Waals surface area contributed by atoms with Crippen LogP contribution in [0.25, 0.3) is 0 Å². The fourth-order valence-electron chi connectivity index (χ4n) is 3.82. The van der Waals surface area contributed by atoms with Crippen LogP contribution < -0.4 is 0 Å². The monoisotopic (exact) mass is 574 g/mol. The molecule has 202 valence electrons. The first-order valence-corrected chi connectivity index (χ1v) is 27.3. The molecule has 0 aromatic heterocycles. The van der Waals surface area contributed by atoms with Crippen molar-refractivity contribution in [1.82, 2.24) is 0 Å². The maximum atomic E-state index is 6.94. The van der Waals surface area contributed by atoms with Gasteiger partial charge in [-0.25, -0.2) is 0 Å². The van der Waals surface area contributed by atoms with Gasteiger partial charge < -0.3 is 22.4 Å². The molecule has 1 aliphatic rings. The average molecular weight is 575 g/mol. The number of rotatable bonds is 11. The number of benzene rings is 1. The summed E-state index contributed by atoms with van der Waals surface area (Å²) in [6.07, 6.45) is -0.851. The van der Waals surface area contributed by atoms with Crippen LogP contribution in [0.5, 0.6) is 0 Å². The molecule has 10 heteroatoms. The number of aryl methyl sites for hydroxylation is 1. The van der Waals surface area contributed by atoms with Gasteiger partial charge in [0.1, 0.15) is 29.9 Å². The minimum absolute atomic E-state index is 0.202. The molecule has 0 saturated carbocycles. The van der Waals surface area contributed by atoms with Gasteiger partial charge in [-0.3, -0.25) is 0 Å². The molecule has 1 heterocycles. The molecule has 0 bridgehead atoms. The van der Waals surface area contributed by atoms with Crippen molar-refractivity contribution in [2.45, 2.75) is 120 Å². The van der Waals surface area contributed by atoms with Crippen molar-refractivity contribution in [3.8, 4) is 0 Å². The lowest BCUT2D eigenvalue weighted by Gasteiger charge is -2.51. The molecule has 5 atom stereocenters. The van der Waals surface area contributed by atoms with E-state index in [4.69, 9.17) is 22.4 Å². The highest BCUT2D eigenvalue weighted by Gasteiger charge is 2.51. The molecule has 1 aromatic rings. The van der Waals surface area contributed by atoms with Gasteiger partial charge in [0, 0.05) is 4.90 Å². The molecular formula is C25H50O5SSi4. The summed E-state index contributed by atoms with van der Waals surface area (Å²) in [5, 5.41) is 0. The Morgan fingerprint density at radius 2 is 1.11 bits per heavy atom. The van der Waals surface area contributed by atoms with E-state index in [1.54, 1.807) is 11.8 Å². The van der Waals surface area contributed by atoms with Gasteiger partial charge in [0.15, 0.2) is 33.3 Å². The summed E-state index contributed by atoms with van der Waals surface area (Å²) in [6.45, 7) is 29.4. The van der Waals surface area contributed by atoms with Crippen molar-refractivity contribution in [3.63, 3.8) is 0 Å². The molecule has 1 fully saturated rings. The van der Waals surface area contributed by atoms with Crippen molar-refractivity contribution in [2.24, 2.45) is 0 Å². The smallest absolute Gasteiger partial charge is 0.184 e. The van der Waals surface area contributed by atoms with Gasteiger partial charge in [-0.1, -0.05) is 29.5 Å². The van der Waals surface area contributed by atoms with Gasteiger partial charge in [-0.15, -0.1) is 0 Å². The lowest BCUT2D eigenvalue weighted by Crippen LogP contribution is -2.65. The third kappa shape index (κ3) is 11.7. The molecule has 0 radical (unpaired) electrons. The predicted octanol–water partition coefficient (Wildman–Crippen LogP) is 7.32. The SMILES string of the molecule is Cc1ccc(SC2OC(CO[Si](C)(C)C)C(O[Si](C)(C)C)C(O[Si](C)(C)C)C2O[Si](C)(C)C)cc1. The normalized spacial score (nSPS) is 26.7. The number of hydrogen-bond acceptors (Lipinski definition) is 6. The highest BCUT2D eigenvalue weighted by Crippen LogP contribution is 2.40. The first kappa shape index (κ1) is 31.5. The molecular weight excluding hydrogens is 525 g/mol. The molecule has 0 N–H and O–H groups in total. The van der Waals surface area contributed by atoms with Crippen molar-refractivity contribution in [1.29, 1.82) is 0 Å². The Kier molecular flexibility index (Phi) is 10.7. The van der Waals surface area contributed by atoms with Gasteiger partial charge in [0.2, 0.25) is 0 Å². The van der Waals surface area contributed by atoms with Crippen LogP contribution in [0.1, 0.15) is 5.56 Å². The second kappa shape index (κ2) is 12.0. The van der Waals surface area contributed by atoms with Crippen molar-refractivity contribution in [3.05, 3.63) is 29.8 Å². The zero-order chi connectivity index (χ0) is 26.8. The lowest BCUT2D eigenvalue weighted by atomic mass is 10.0. The van der Waals surface area contributed by atoms with E-state index >= 15 is 0 Å². The van der Waals surface area contributed by atoms with E-state index in [1.807, 2.05) is 0 Å². The summed E-state index contributed by atoms with van der Waals surface area (Å²) in [4.78, 5) is 1.17. The predicted molar refractivity (Wildman–Crippen MR) is 160 cm³/mol. The molecule has 35 heavy (non-hydrogen) atoms. The topological polar surface area (TPSA) is 46.2 Å². The van der Waals surface area contributed by atoms with Crippen LogP contribution >= 0.6 is 11.8 Å². The summed E-state index contributed by atoms with van der Waals surface area (Å²) < 4.78 is 33.9. The van der Waals surface area contributed by atoms with Crippen molar-refractivity contribution in [2.75, 3.05) is 6.61 Å². The second-order valence-corrected chi connectivity index (χ2v) is 32.5. The van der Waals surface area contributed by atoms with Crippen LogP contribution in [-0.4, -0.2) is 69.7 Å². The van der Waals surface area contributed by atoms with E-state index in [0.29, 0.717) is 6.61 Å². The average Bonchev–Trinajstić information content (AvgIpc) is 2.63. The van der Waals surface area contributed by atoms with Crippen LogP contribution in [0.4, 0.5) is 0 Å². The zero-order valence-corrected chi connectivity index (χ0v) is 29.2.